The van der Waals surface area contributed by atoms with Gasteiger partial charge in [0.15, 0.2) is 5.82 Å². The Hall–Kier alpha value is -3.98. The van der Waals surface area contributed by atoms with Crippen molar-refractivity contribution in [3.63, 3.8) is 0 Å². The molecule has 2 heterocycles. The summed E-state index contributed by atoms with van der Waals surface area (Å²) in [5.41, 5.74) is -4.36. The van der Waals surface area contributed by atoms with Crippen LogP contribution in [0.15, 0.2) is 42.7 Å². The van der Waals surface area contributed by atoms with Gasteiger partial charge in [-0.2, -0.15) is 44.6 Å². The first-order chi connectivity index (χ1) is 22.9. The number of hydrogen-bond acceptors (Lipinski definition) is 6. The van der Waals surface area contributed by atoms with Crippen LogP contribution >= 0.6 is 0 Å². The van der Waals surface area contributed by atoms with E-state index in [1.54, 1.807) is 14.0 Å². The first kappa shape index (κ1) is 37.8. The van der Waals surface area contributed by atoms with Crippen molar-refractivity contribution in [1.82, 2.24) is 14.8 Å². The molecule has 1 fully saturated rings. The minimum atomic E-state index is -5.08. The topological polar surface area (TPSA) is 63.5 Å². The number of nitrogens with zero attached hydrogens (tertiary/aromatic N) is 5. The number of pyridine rings is 1. The molecule has 0 spiro atoms. The molecule has 0 aliphatic heterocycles. The normalized spacial score (nSPS) is 17.2. The molecule has 0 radical (unpaired) electrons. The average molecular weight is 708 g/mol. The molecule has 1 aliphatic carbocycles. The summed E-state index contributed by atoms with van der Waals surface area (Å²) in [5, 5.41) is 4.25. The van der Waals surface area contributed by atoms with E-state index >= 15 is 0 Å². The van der Waals surface area contributed by atoms with Crippen LogP contribution in [0.2, 0.25) is 0 Å². The standard InChI is InChI=1S/C33H38F9N5O2/c1-4-46(18-22-8-6-21(7-9-22)14-29(48)49-5-2)30-24(15-27(17-43-30)33(40,41)42)20-47(28-10-11-45(3)44-28)19-23-12-25(31(34,35)36)16-26(13-23)32(37,38)39/h10-13,15-17,21-22H,4-9,14,18-20H2,1-3H3. The second-order valence-corrected chi connectivity index (χ2v) is 12.3. The summed E-state index contributed by atoms with van der Waals surface area (Å²) in [6, 6.07) is 3.57. The van der Waals surface area contributed by atoms with Crippen LogP contribution in [-0.4, -0.2) is 40.4 Å². The van der Waals surface area contributed by atoms with Crippen molar-refractivity contribution in [2.75, 3.05) is 29.5 Å². The molecule has 1 saturated carbocycles. The van der Waals surface area contributed by atoms with E-state index in [2.05, 4.69) is 10.1 Å². The van der Waals surface area contributed by atoms with Crippen LogP contribution in [0.25, 0.3) is 0 Å². The van der Waals surface area contributed by atoms with Crippen molar-refractivity contribution in [2.24, 2.45) is 18.9 Å². The number of halogens is 9. The van der Waals surface area contributed by atoms with Gasteiger partial charge in [-0.05, 0) is 81.2 Å². The van der Waals surface area contributed by atoms with Gasteiger partial charge in [0, 0.05) is 63.7 Å². The molecular formula is C33H38F9N5O2. The Labute approximate surface area is 278 Å². The number of aromatic nitrogens is 3. The van der Waals surface area contributed by atoms with Gasteiger partial charge in [-0.25, -0.2) is 4.98 Å². The molecule has 1 aliphatic rings. The van der Waals surface area contributed by atoms with Crippen LogP contribution in [-0.2, 0) is 48.2 Å². The Bertz CT molecular complexity index is 1530. The Morgan fingerprint density at radius 1 is 0.837 bits per heavy atom. The van der Waals surface area contributed by atoms with Gasteiger partial charge >= 0.3 is 24.5 Å². The molecule has 4 rings (SSSR count). The Balaban J connectivity index is 1.68. The number of alkyl halides is 9. The molecule has 16 heteroatoms. The number of carbonyl (C=O) groups is 1. The van der Waals surface area contributed by atoms with Crippen molar-refractivity contribution in [3.05, 3.63) is 70.5 Å². The fraction of sp³-hybridized carbons (Fsp3) is 0.545. The fourth-order valence-corrected chi connectivity index (χ4v) is 6.14. The number of rotatable bonds is 12. The van der Waals surface area contributed by atoms with Gasteiger partial charge in [0.1, 0.15) is 5.82 Å². The van der Waals surface area contributed by atoms with Crippen molar-refractivity contribution in [1.29, 1.82) is 0 Å². The van der Waals surface area contributed by atoms with E-state index in [9.17, 15) is 44.3 Å². The lowest BCUT2D eigenvalue weighted by Crippen LogP contribution is -2.34. The highest BCUT2D eigenvalue weighted by Crippen LogP contribution is 2.38. The molecule has 0 bridgehead atoms. The maximum atomic E-state index is 13.9. The molecule has 0 unspecified atom stereocenters. The maximum Gasteiger partial charge on any atom is 0.417 e. The summed E-state index contributed by atoms with van der Waals surface area (Å²) in [5.74, 6) is 0.403. The highest BCUT2D eigenvalue weighted by molar-refractivity contribution is 5.69. The van der Waals surface area contributed by atoms with Crippen molar-refractivity contribution in [3.8, 4) is 0 Å². The van der Waals surface area contributed by atoms with E-state index < -0.39 is 41.8 Å². The summed E-state index contributed by atoms with van der Waals surface area (Å²) in [6.45, 7) is 3.77. The number of ether oxygens (including phenoxy) is 1. The monoisotopic (exact) mass is 707 g/mol. The SMILES string of the molecule is CCOC(=O)CC1CCC(CN(CC)c2ncc(C(F)(F)F)cc2CN(Cc2cc(C(F)(F)F)cc(C(F)(F)F)c2)c2ccn(C)n2)CC1. The van der Waals surface area contributed by atoms with Gasteiger partial charge in [0.25, 0.3) is 0 Å². The van der Waals surface area contributed by atoms with E-state index in [0.717, 1.165) is 31.7 Å². The van der Waals surface area contributed by atoms with Crippen LogP contribution < -0.4 is 9.80 Å². The van der Waals surface area contributed by atoms with Gasteiger partial charge in [-0.3, -0.25) is 9.48 Å². The van der Waals surface area contributed by atoms with Crippen LogP contribution in [0.5, 0.6) is 0 Å². The van der Waals surface area contributed by atoms with Gasteiger partial charge in [-0.1, -0.05) is 0 Å². The molecular weight excluding hydrogens is 669 g/mol. The molecule has 0 saturated heterocycles. The number of hydrogen-bond donors (Lipinski definition) is 0. The van der Waals surface area contributed by atoms with Gasteiger partial charge < -0.3 is 14.5 Å². The molecule has 49 heavy (non-hydrogen) atoms. The predicted octanol–water partition coefficient (Wildman–Crippen LogP) is 8.66. The molecule has 0 N–H and O–H groups in total. The zero-order chi connectivity index (χ0) is 36.1. The number of anilines is 2. The highest BCUT2D eigenvalue weighted by atomic mass is 19.4. The Morgan fingerprint density at radius 3 is 1.94 bits per heavy atom. The Kier molecular flexibility index (Phi) is 11.8. The molecule has 1 aromatic carbocycles. The lowest BCUT2D eigenvalue weighted by Gasteiger charge is -2.34. The highest BCUT2D eigenvalue weighted by Gasteiger charge is 2.37. The minimum Gasteiger partial charge on any atom is -0.466 e. The molecule has 270 valence electrons. The summed E-state index contributed by atoms with van der Waals surface area (Å²) >= 11 is 0. The fourth-order valence-electron chi connectivity index (χ4n) is 6.14. The second-order valence-electron chi connectivity index (χ2n) is 12.3. The molecule has 3 aromatic rings. The zero-order valence-corrected chi connectivity index (χ0v) is 27.2. The second kappa shape index (κ2) is 15.3. The number of benzene rings is 1. The third-order valence-corrected chi connectivity index (χ3v) is 8.56. The lowest BCUT2D eigenvalue weighted by atomic mass is 9.80. The quantitative estimate of drug-likeness (QED) is 0.139. The van der Waals surface area contributed by atoms with Crippen molar-refractivity contribution >= 4 is 17.6 Å². The molecule has 0 atom stereocenters. The maximum absolute atomic E-state index is 13.9. The first-order valence-electron chi connectivity index (χ1n) is 15.9. The van der Waals surface area contributed by atoms with E-state index in [1.807, 2.05) is 11.8 Å². The van der Waals surface area contributed by atoms with Crippen molar-refractivity contribution < 1.29 is 49.0 Å². The van der Waals surface area contributed by atoms with Crippen LogP contribution in [0.3, 0.4) is 0 Å². The van der Waals surface area contributed by atoms with E-state index in [1.165, 1.54) is 21.8 Å². The van der Waals surface area contributed by atoms with E-state index in [-0.39, 0.29) is 53.2 Å². The third kappa shape index (κ3) is 10.3. The van der Waals surface area contributed by atoms with E-state index in [4.69, 9.17) is 4.74 Å². The molecule has 2 aromatic heterocycles. The third-order valence-electron chi connectivity index (χ3n) is 8.56. The summed E-state index contributed by atoms with van der Waals surface area (Å²) in [6.07, 6.45) is -9.30. The van der Waals surface area contributed by atoms with Gasteiger partial charge in [-0.15, -0.1) is 0 Å². The zero-order valence-electron chi connectivity index (χ0n) is 27.2. The largest absolute Gasteiger partial charge is 0.466 e. The summed E-state index contributed by atoms with van der Waals surface area (Å²) < 4.78 is 130. The Morgan fingerprint density at radius 2 is 1.43 bits per heavy atom. The van der Waals surface area contributed by atoms with Crippen LogP contribution in [0.1, 0.15) is 73.8 Å². The molecule has 0 amide bonds. The van der Waals surface area contributed by atoms with E-state index in [0.29, 0.717) is 44.4 Å². The molecule has 7 nitrogen and oxygen atoms in total. The average Bonchev–Trinajstić information content (AvgIpc) is 3.45. The summed E-state index contributed by atoms with van der Waals surface area (Å²) in [4.78, 5) is 19.3. The van der Waals surface area contributed by atoms with Crippen molar-refractivity contribution in [2.45, 2.75) is 77.6 Å². The number of aryl methyl sites for hydroxylation is 1. The van der Waals surface area contributed by atoms with Gasteiger partial charge in [0.05, 0.1) is 23.3 Å². The van der Waals surface area contributed by atoms with Gasteiger partial charge in [0.2, 0.25) is 0 Å². The summed E-state index contributed by atoms with van der Waals surface area (Å²) in [7, 11) is 1.55. The van der Waals surface area contributed by atoms with Crippen LogP contribution in [0.4, 0.5) is 51.1 Å². The number of carbonyl (C=O) groups excluding carboxylic acids is 1. The first-order valence-corrected chi connectivity index (χ1v) is 15.9. The van der Waals surface area contributed by atoms with Crippen LogP contribution in [0, 0.1) is 11.8 Å². The minimum absolute atomic E-state index is 0.0207. The lowest BCUT2D eigenvalue weighted by molar-refractivity contribution is -0.145. The number of esters is 1. The smallest absolute Gasteiger partial charge is 0.417 e. The predicted molar refractivity (Wildman–Crippen MR) is 163 cm³/mol.